The molecule has 0 aromatic heterocycles. The maximum absolute atomic E-state index is 8.38. The predicted octanol–water partition coefficient (Wildman–Crippen LogP) is 1.16. The molecule has 1 N–H and O–H groups in total. The van der Waals surface area contributed by atoms with Crippen molar-refractivity contribution in [2.75, 3.05) is 13.9 Å². The Bertz CT molecular complexity index is 218. The Morgan fingerprint density at radius 1 is 1.25 bits per heavy atom. The van der Waals surface area contributed by atoms with Crippen LogP contribution in [-0.4, -0.2) is 19.0 Å². The summed E-state index contributed by atoms with van der Waals surface area (Å²) >= 11 is 0. The summed E-state index contributed by atoms with van der Waals surface area (Å²) in [5, 5.41) is 8.38. The van der Waals surface area contributed by atoms with E-state index >= 15 is 0 Å². The van der Waals surface area contributed by atoms with Crippen molar-refractivity contribution in [3.63, 3.8) is 0 Å². The molecule has 0 saturated heterocycles. The number of benzene rings is 1. The third kappa shape index (κ3) is 2.53. The first-order chi connectivity index (χ1) is 5.86. The van der Waals surface area contributed by atoms with Gasteiger partial charge in [0, 0.05) is 0 Å². The van der Waals surface area contributed by atoms with Crippen LogP contribution >= 0.6 is 0 Å². The van der Waals surface area contributed by atoms with E-state index in [0.717, 1.165) is 11.3 Å². The highest BCUT2D eigenvalue weighted by Crippen LogP contribution is 2.11. The molecule has 1 aromatic rings. The summed E-state index contributed by atoms with van der Waals surface area (Å²) in [6.07, 6.45) is 0. The summed E-state index contributed by atoms with van der Waals surface area (Å²) in [6.45, 7) is 0.187. The maximum atomic E-state index is 8.38. The minimum atomic E-state index is -0.244. The van der Waals surface area contributed by atoms with Gasteiger partial charge in [0.2, 0.25) is 0 Å². The second kappa shape index (κ2) is 4.74. The normalized spacial score (nSPS) is 9.83. The van der Waals surface area contributed by atoms with Gasteiger partial charge in [-0.1, -0.05) is 12.1 Å². The van der Waals surface area contributed by atoms with Crippen molar-refractivity contribution in [2.45, 2.75) is 6.61 Å². The first-order valence-corrected chi connectivity index (χ1v) is 3.68. The van der Waals surface area contributed by atoms with Gasteiger partial charge in [0.05, 0.1) is 13.7 Å². The van der Waals surface area contributed by atoms with Gasteiger partial charge >= 0.3 is 0 Å². The lowest BCUT2D eigenvalue weighted by molar-refractivity contribution is -0.0112. The molecule has 0 heterocycles. The zero-order valence-electron chi connectivity index (χ0n) is 6.99. The van der Waals surface area contributed by atoms with Crippen LogP contribution in [0.15, 0.2) is 24.3 Å². The van der Waals surface area contributed by atoms with Crippen molar-refractivity contribution >= 4 is 0 Å². The highest BCUT2D eigenvalue weighted by Gasteiger charge is 1.92. The largest absolute Gasteiger partial charge is 0.497 e. The highest BCUT2D eigenvalue weighted by molar-refractivity contribution is 5.26. The molecule has 0 radical (unpaired) electrons. The van der Waals surface area contributed by atoms with Gasteiger partial charge in [0.25, 0.3) is 0 Å². The molecule has 0 aliphatic carbocycles. The maximum Gasteiger partial charge on any atom is 0.144 e. The fraction of sp³-hybridized carbons (Fsp3) is 0.333. The van der Waals surface area contributed by atoms with E-state index in [0.29, 0.717) is 6.61 Å². The summed E-state index contributed by atoms with van der Waals surface area (Å²) in [4.78, 5) is 0. The van der Waals surface area contributed by atoms with Gasteiger partial charge in [-0.25, -0.2) is 0 Å². The predicted molar refractivity (Wildman–Crippen MR) is 44.9 cm³/mol. The topological polar surface area (TPSA) is 38.7 Å². The molecule has 0 unspecified atom stereocenters. The molecule has 0 aliphatic heterocycles. The zero-order valence-corrected chi connectivity index (χ0v) is 6.99. The van der Waals surface area contributed by atoms with Crippen LogP contribution in [0.4, 0.5) is 0 Å². The van der Waals surface area contributed by atoms with E-state index < -0.39 is 0 Å². The van der Waals surface area contributed by atoms with Crippen LogP contribution < -0.4 is 4.74 Å². The van der Waals surface area contributed by atoms with E-state index in [2.05, 4.69) is 0 Å². The molecule has 0 bridgehead atoms. The monoisotopic (exact) mass is 168 g/mol. The molecule has 3 heteroatoms. The van der Waals surface area contributed by atoms with Gasteiger partial charge in [0.15, 0.2) is 0 Å². The van der Waals surface area contributed by atoms with Crippen LogP contribution in [0.5, 0.6) is 5.75 Å². The third-order valence-corrected chi connectivity index (χ3v) is 1.52. The van der Waals surface area contributed by atoms with Crippen LogP contribution in [0.2, 0.25) is 0 Å². The molecular weight excluding hydrogens is 156 g/mol. The van der Waals surface area contributed by atoms with Crippen molar-refractivity contribution in [3.8, 4) is 5.75 Å². The second-order valence-electron chi connectivity index (χ2n) is 2.33. The van der Waals surface area contributed by atoms with Crippen LogP contribution in [0.3, 0.4) is 0 Å². The summed E-state index contributed by atoms with van der Waals surface area (Å²) in [5.41, 5.74) is 1.02. The van der Waals surface area contributed by atoms with Gasteiger partial charge in [0.1, 0.15) is 12.5 Å². The Morgan fingerprint density at radius 3 is 2.42 bits per heavy atom. The summed E-state index contributed by atoms with van der Waals surface area (Å²) in [5.74, 6) is 0.822. The van der Waals surface area contributed by atoms with Crippen molar-refractivity contribution in [3.05, 3.63) is 29.8 Å². The molecule has 0 saturated carbocycles. The van der Waals surface area contributed by atoms with Gasteiger partial charge in [-0.2, -0.15) is 0 Å². The first-order valence-electron chi connectivity index (χ1n) is 3.68. The lowest BCUT2D eigenvalue weighted by Gasteiger charge is -2.02. The molecule has 0 aliphatic rings. The minimum absolute atomic E-state index is 0.244. The molecule has 3 nitrogen and oxygen atoms in total. The van der Waals surface area contributed by atoms with Crippen LogP contribution in [0.25, 0.3) is 0 Å². The van der Waals surface area contributed by atoms with Crippen LogP contribution in [0.1, 0.15) is 5.56 Å². The zero-order chi connectivity index (χ0) is 8.81. The molecule has 0 spiro atoms. The second-order valence-corrected chi connectivity index (χ2v) is 2.33. The quantitative estimate of drug-likeness (QED) is 0.686. The summed E-state index contributed by atoms with van der Waals surface area (Å²) < 4.78 is 9.79. The molecule has 0 amide bonds. The first kappa shape index (κ1) is 9.03. The number of aliphatic hydroxyl groups is 1. The third-order valence-electron chi connectivity index (χ3n) is 1.52. The van der Waals surface area contributed by atoms with E-state index in [1.165, 1.54) is 0 Å². The highest BCUT2D eigenvalue weighted by atomic mass is 16.6. The van der Waals surface area contributed by atoms with E-state index in [4.69, 9.17) is 14.6 Å². The molecule has 1 rings (SSSR count). The summed E-state index contributed by atoms with van der Waals surface area (Å²) in [7, 11) is 1.62. The van der Waals surface area contributed by atoms with Crippen molar-refractivity contribution < 1.29 is 14.6 Å². The van der Waals surface area contributed by atoms with Gasteiger partial charge in [-0.15, -0.1) is 0 Å². The smallest absolute Gasteiger partial charge is 0.144 e. The molecule has 66 valence electrons. The Morgan fingerprint density at radius 2 is 1.92 bits per heavy atom. The Kier molecular flexibility index (Phi) is 3.57. The number of rotatable bonds is 4. The fourth-order valence-electron chi connectivity index (χ4n) is 0.885. The lowest BCUT2D eigenvalue weighted by Crippen LogP contribution is -1.93. The SMILES string of the molecule is COc1ccc(COCO)cc1. The number of ether oxygens (including phenoxy) is 2. The number of hydrogen-bond donors (Lipinski definition) is 1. The molecule has 0 fully saturated rings. The fourth-order valence-corrected chi connectivity index (χ4v) is 0.885. The number of aliphatic hydroxyl groups excluding tert-OH is 1. The van der Waals surface area contributed by atoms with E-state index in [-0.39, 0.29) is 6.79 Å². The number of hydrogen-bond acceptors (Lipinski definition) is 3. The minimum Gasteiger partial charge on any atom is -0.497 e. The molecule has 1 aromatic carbocycles. The summed E-state index contributed by atoms with van der Waals surface area (Å²) in [6, 6.07) is 7.51. The molecule has 12 heavy (non-hydrogen) atoms. The van der Waals surface area contributed by atoms with Crippen molar-refractivity contribution in [2.24, 2.45) is 0 Å². The Labute approximate surface area is 71.5 Å². The van der Waals surface area contributed by atoms with Crippen molar-refractivity contribution in [1.29, 1.82) is 0 Å². The molecule has 0 atom stereocenters. The Balaban J connectivity index is 2.53. The standard InChI is InChI=1S/C9H12O3/c1-11-9-4-2-8(3-5-9)6-12-7-10/h2-5,10H,6-7H2,1H3. The van der Waals surface area contributed by atoms with E-state index in [9.17, 15) is 0 Å². The Hall–Kier alpha value is -1.06. The van der Waals surface area contributed by atoms with Gasteiger partial charge < -0.3 is 14.6 Å². The lowest BCUT2D eigenvalue weighted by atomic mass is 10.2. The van der Waals surface area contributed by atoms with Gasteiger partial charge in [-0.05, 0) is 17.7 Å². The van der Waals surface area contributed by atoms with Crippen LogP contribution in [0, 0.1) is 0 Å². The average molecular weight is 168 g/mol. The number of methoxy groups -OCH3 is 1. The average Bonchev–Trinajstić information content (AvgIpc) is 2.15. The van der Waals surface area contributed by atoms with Crippen molar-refractivity contribution in [1.82, 2.24) is 0 Å². The van der Waals surface area contributed by atoms with E-state index in [1.54, 1.807) is 7.11 Å². The molecular formula is C9H12O3. The van der Waals surface area contributed by atoms with Gasteiger partial charge in [-0.3, -0.25) is 0 Å². The van der Waals surface area contributed by atoms with Crippen LogP contribution in [-0.2, 0) is 11.3 Å². The van der Waals surface area contributed by atoms with E-state index in [1.807, 2.05) is 24.3 Å².